The van der Waals surface area contributed by atoms with Crippen LogP contribution in [-0.2, 0) is 0 Å². The first-order chi connectivity index (χ1) is 11.6. The highest BCUT2D eigenvalue weighted by Gasteiger charge is 2.26. The van der Waals surface area contributed by atoms with Gasteiger partial charge in [0.1, 0.15) is 6.07 Å². The highest BCUT2D eigenvalue weighted by Crippen LogP contribution is 2.25. The van der Waals surface area contributed by atoms with E-state index in [0.717, 1.165) is 17.2 Å². The molecule has 0 fully saturated rings. The molecule has 7 nitrogen and oxygen atoms in total. The lowest BCUT2D eigenvalue weighted by Gasteiger charge is -2.02. The molecule has 0 bridgehead atoms. The molecule has 1 aromatic heterocycles. The van der Waals surface area contributed by atoms with E-state index in [1.807, 2.05) is 36.4 Å². The van der Waals surface area contributed by atoms with Gasteiger partial charge in [-0.2, -0.15) is 4.57 Å². The van der Waals surface area contributed by atoms with Crippen LogP contribution in [0.2, 0.25) is 0 Å². The molecule has 2 aromatic carbocycles. The third-order valence-corrected chi connectivity index (χ3v) is 3.55. The van der Waals surface area contributed by atoms with Gasteiger partial charge in [-0.1, -0.05) is 30.3 Å². The SMILES string of the molecule is O=[N+]([O-])c1ccc(-[n+]2cccc(-c3ccccc3)c2)c([N+](=O)[O-])c1. The molecule has 1 heterocycles. The maximum atomic E-state index is 11.3. The molecule has 0 spiro atoms. The van der Waals surface area contributed by atoms with E-state index < -0.39 is 9.85 Å². The van der Waals surface area contributed by atoms with Gasteiger partial charge in [-0.15, -0.1) is 0 Å². The summed E-state index contributed by atoms with van der Waals surface area (Å²) in [7, 11) is 0. The van der Waals surface area contributed by atoms with Gasteiger partial charge < -0.3 is 0 Å². The Labute approximate surface area is 136 Å². The van der Waals surface area contributed by atoms with Gasteiger partial charge in [0.25, 0.3) is 11.4 Å². The molecule has 0 saturated carbocycles. The van der Waals surface area contributed by atoms with E-state index in [4.69, 9.17) is 0 Å². The van der Waals surface area contributed by atoms with Gasteiger partial charge in [0.2, 0.25) is 0 Å². The van der Waals surface area contributed by atoms with Gasteiger partial charge in [0, 0.05) is 23.8 Å². The number of rotatable bonds is 4. The zero-order chi connectivity index (χ0) is 17.1. The first-order valence-electron chi connectivity index (χ1n) is 7.06. The molecule has 118 valence electrons. The highest BCUT2D eigenvalue weighted by atomic mass is 16.6. The van der Waals surface area contributed by atoms with Gasteiger partial charge in [-0.25, -0.2) is 0 Å². The molecule has 0 saturated heterocycles. The van der Waals surface area contributed by atoms with Gasteiger partial charge in [-0.05, 0) is 11.6 Å². The largest absolute Gasteiger partial charge is 0.347 e. The number of nitro groups is 2. The molecule has 7 heteroatoms. The van der Waals surface area contributed by atoms with Crippen LogP contribution in [0, 0.1) is 20.2 Å². The third-order valence-electron chi connectivity index (χ3n) is 3.55. The number of non-ortho nitro benzene ring substituents is 1. The van der Waals surface area contributed by atoms with Crippen LogP contribution < -0.4 is 4.57 Å². The molecule has 0 radical (unpaired) electrons. The van der Waals surface area contributed by atoms with Crippen LogP contribution >= 0.6 is 0 Å². The maximum absolute atomic E-state index is 11.3. The Morgan fingerprint density at radius 1 is 0.792 bits per heavy atom. The molecule has 0 unspecified atom stereocenters. The summed E-state index contributed by atoms with van der Waals surface area (Å²) in [6.07, 6.45) is 3.42. The maximum Gasteiger partial charge on any atom is 0.347 e. The fourth-order valence-electron chi connectivity index (χ4n) is 2.42. The van der Waals surface area contributed by atoms with Gasteiger partial charge >= 0.3 is 5.69 Å². The number of hydrogen-bond acceptors (Lipinski definition) is 4. The Kier molecular flexibility index (Phi) is 3.98. The lowest BCUT2D eigenvalue weighted by atomic mass is 10.1. The lowest BCUT2D eigenvalue weighted by Crippen LogP contribution is -2.30. The standard InChI is InChI=1S/C17H12N3O4/c21-19(22)15-8-9-16(17(11-15)20(23)24)18-10-4-7-14(12-18)13-5-2-1-3-6-13/h1-12H/q+1. The van der Waals surface area contributed by atoms with Crippen LogP contribution in [0.1, 0.15) is 0 Å². The predicted octanol–water partition coefficient (Wildman–Crippen LogP) is 3.45. The molecule has 0 aliphatic rings. The van der Waals surface area contributed by atoms with E-state index in [1.165, 1.54) is 12.1 Å². The van der Waals surface area contributed by atoms with Gasteiger partial charge in [0.15, 0.2) is 12.4 Å². The molecule has 3 aromatic rings. The third kappa shape index (κ3) is 2.95. The van der Waals surface area contributed by atoms with Crippen molar-refractivity contribution in [3.8, 4) is 16.8 Å². The quantitative estimate of drug-likeness (QED) is 0.418. The molecule has 24 heavy (non-hydrogen) atoms. The molecular formula is C17H12N3O4+. The number of nitrogens with zero attached hydrogens (tertiary/aromatic N) is 3. The summed E-state index contributed by atoms with van der Waals surface area (Å²) in [5, 5.41) is 22.1. The zero-order valence-corrected chi connectivity index (χ0v) is 12.4. The summed E-state index contributed by atoms with van der Waals surface area (Å²) in [6.45, 7) is 0. The van der Waals surface area contributed by atoms with E-state index in [0.29, 0.717) is 0 Å². The fraction of sp³-hybridized carbons (Fsp3) is 0. The summed E-state index contributed by atoms with van der Waals surface area (Å²) >= 11 is 0. The van der Waals surface area contributed by atoms with Crippen LogP contribution in [0.5, 0.6) is 0 Å². The minimum absolute atomic E-state index is 0.267. The molecule has 0 atom stereocenters. The number of hydrogen-bond donors (Lipinski definition) is 0. The van der Waals surface area contributed by atoms with Crippen LogP contribution in [0.25, 0.3) is 16.8 Å². The normalized spacial score (nSPS) is 10.3. The molecule has 0 amide bonds. The Hall–Kier alpha value is -3.61. The Bertz CT molecular complexity index is 926. The number of aromatic nitrogens is 1. The first-order valence-corrected chi connectivity index (χ1v) is 7.06. The van der Waals surface area contributed by atoms with Crippen molar-refractivity contribution < 1.29 is 14.4 Å². The Morgan fingerprint density at radius 3 is 2.17 bits per heavy atom. The Morgan fingerprint density at radius 2 is 1.50 bits per heavy atom. The number of nitro benzene ring substituents is 2. The number of benzene rings is 2. The molecule has 0 N–H and O–H groups in total. The summed E-state index contributed by atoms with van der Waals surface area (Å²) in [5.74, 6) is 0. The van der Waals surface area contributed by atoms with Crippen LogP contribution in [-0.4, -0.2) is 9.85 Å². The van der Waals surface area contributed by atoms with E-state index in [9.17, 15) is 20.2 Å². The highest BCUT2D eigenvalue weighted by molar-refractivity contribution is 5.61. The van der Waals surface area contributed by atoms with Crippen molar-refractivity contribution in [1.82, 2.24) is 0 Å². The zero-order valence-electron chi connectivity index (χ0n) is 12.4. The second kappa shape index (κ2) is 6.25. The summed E-state index contributed by atoms with van der Waals surface area (Å²) in [6, 6.07) is 16.8. The summed E-state index contributed by atoms with van der Waals surface area (Å²) in [5.41, 5.74) is 1.48. The van der Waals surface area contributed by atoms with E-state index >= 15 is 0 Å². The first kappa shape index (κ1) is 15.3. The van der Waals surface area contributed by atoms with Crippen molar-refractivity contribution in [1.29, 1.82) is 0 Å². The predicted molar refractivity (Wildman–Crippen MR) is 86.7 cm³/mol. The summed E-state index contributed by atoms with van der Waals surface area (Å²) < 4.78 is 1.59. The van der Waals surface area contributed by atoms with Crippen molar-refractivity contribution in [2.75, 3.05) is 0 Å². The van der Waals surface area contributed by atoms with Crippen molar-refractivity contribution in [3.63, 3.8) is 0 Å². The van der Waals surface area contributed by atoms with Crippen molar-refractivity contribution in [2.45, 2.75) is 0 Å². The lowest BCUT2D eigenvalue weighted by molar-refractivity contribution is -0.600. The van der Waals surface area contributed by atoms with Crippen molar-refractivity contribution in [3.05, 3.63) is 93.3 Å². The van der Waals surface area contributed by atoms with Crippen molar-refractivity contribution in [2.24, 2.45) is 0 Å². The monoisotopic (exact) mass is 322 g/mol. The van der Waals surface area contributed by atoms with Crippen LogP contribution in [0.15, 0.2) is 73.1 Å². The van der Waals surface area contributed by atoms with Crippen LogP contribution in [0.4, 0.5) is 11.4 Å². The second-order valence-corrected chi connectivity index (χ2v) is 5.05. The number of pyridine rings is 1. The smallest absolute Gasteiger partial charge is 0.258 e. The van der Waals surface area contributed by atoms with Crippen molar-refractivity contribution >= 4 is 11.4 Å². The Balaban J connectivity index is 2.13. The average Bonchev–Trinajstić information content (AvgIpc) is 2.62. The van der Waals surface area contributed by atoms with E-state index in [2.05, 4.69) is 0 Å². The fourth-order valence-corrected chi connectivity index (χ4v) is 2.42. The topological polar surface area (TPSA) is 90.2 Å². The molecule has 3 rings (SSSR count). The average molecular weight is 322 g/mol. The molecule has 0 aliphatic heterocycles. The molecular weight excluding hydrogens is 310 g/mol. The second-order valence-electron chi connectivity index (χ2n) is 5.05. The van der Waals surface area contributed by atoms with E-state index in [-0.39, 0.29) is 17.1 Å². The molecule has 0 aliphatic carbocycles. The summed E-state index contributed by atoms with van der Waals surface area (Å²) in [4.78, 5) is 20.9. The van der Waals surface area contributed by atoms with E-state index in [1.54, 1.807) is 23.0 Å². The minimum Gasteiger partial charge on any atom is -0.258 e. The van der Waals surface area contributed by atoms with Gasteiger partial charge in [0.05, 0.1) is 9.85 Å². The van der Waals surface area contributed by atoms with Gasteiger partial charge in [-0.3, -0.25) is 20.2 Å². The minimum atomic E-state index is -0.651. The van der Waals surface area contributed by atoms with Crippen LogP contribution in [0.3, 0.4) is 0 Å².